The minimum absolute atomic E-state index is 0.0260. The number of phenols is 1. The van der Waals surface area contributed by atoms with E-state index in [2.05, 4.69) is 10.6 Å². The highest BCUT2D eigenvalue weighted by molar-refractivity contribution is 5.78. The summed E-state index contributed by atoms with van der Waals surface area (Å²) in [7, 11) is 0. The van der Waals surface area contributed by atoms with Crippen LogP contribution in [0.1, 0.15) is 39.7 Å². The van der Waals surface area contributed by atoms with Crippen LogP contribution in [-0.2, 0) is 11.2 Å². The average Bonchev–Trinajstić information content (AvgIpc) is 2.35. The average molecular weight is 278 g/mol. The van der Waals surface area contributed by atoms with E-state index >= 15 is 0 Å². The first-order valence-corrected chi connectivity index (χ1v) is 7.08. The number of phenolic OH excluding ortho intramolecular Hbond substituents is 1. The number of carbonyl (C=O) groups is 1. The summed E-state index contributed by atoms with van der Waals surface area (Å²) in [5.41, 5.74) is 1.11. The quantitative estimate of drug-likeness (QED) is 0.747. The molecule has 0 aliphatic rings. The van der Waals surface area contributed by atoms with Crippen molar-refractivity contribution in [2.75, 3.05) is 6.54 Å². The molecule has 0 aliphatic heterocycles. The lowest BCUT2D eigenvalue weighted by atomic mass is 10.1. The third-order valence-corrected chi connectivity index (χ3v) is 2.99. The van der Waals surface area contributed by atoms with Gasteiger partial charge in [-0.1, -0.05) is 12.1 Å². The minimum Gasteiger partial charge on any atom is -0.508 e. The lowest BCUT2D eigenvalue weighted by Gasteiger charge is -2.21. The van der Waals surface area contributed by atoms with Gasteiger partial charge in [0, 0.05) is 11.6 Å². The number of carbonyl (C=O) groups excluding carboxylic acids is 1. The van der Waals surface area contributed by atoms with E-state index in [4.69, 9.17) is 0 Å². The van der Waals surface area contributed by atoms with Gasteiger partial charge in [-0.2, -0.15) is 0 Å². The molecule has 20 heavy (non-hydrogen) atoms. The molecule has 1 atom stereocenters. The van der Waals surface area contributed by atoms with Crippen molar-refractivity contribution in [1.82, 2.24) is 10.6 Å². The van der Waals surface area contributed by atoms with E-state index in [-0.39, 0.29) is 23.2 Å². The molecule has 4 nitrogen and oxygen atoms in total. The zero-order valence-electron chi connectivity index (χ0n) is 12.9. The summed E-state index contributed by atoms with van der Waals surface area (Å²) in [5.74, 6) is 0.307. The van der Waals surface area contributed by atoms with Crippen LogP contribution in [0.3, 0.4) is 0 Å². The van der Waals surface area contributed by atoms with Crippen LogP contribution in [0.15, 0.2) is 24.3 Å². The molecule has 1 unspecified atom stereocenters. The van der Waals surface area contributed by atoms with Gasteiger partial charge in [-0.15, -0.1) is 0 Å². The highest BCUT2D eigenvalue weighted by Crippen LogP contribution is 2.11. The second-order valence-corrected chi connectivity index (χ2v) is 6.28. The third kappa shape index (κ3) is 7.14. The number of nitrogens with one attached hydrogen (secondary N) is 2. The second-order valence-electron chi connectivity index (χ2n) is 6.28. The molecule has 0 aliphatic carbocycles. The predicted octanol–water partition coefficient (Wildman–Crippen LogP) is 2.22. The van der Waals surface area contributed by atoms with Gasteiger partial charge in [0.05, 0.1) is 6.54 Å². The number of amides is 1. The monoisotopic (exact) mass is 278 g/mol. The molecule has 0 saturated carbocycles. The number of hydrogen-bond acceptors (Lipinski definition) is 3. The zero-order valence-corrected chi connectivity index (χ0v) is 12.9. The van der Waals surface area contributed by atoms with Crippen LogP contribution in [0.25, 0.3) is 0 Å². The smallest absolute Gasteiger partial charge is 0.234 e. The van der Waals surface area contributed by atoms with Crippen LogP contribution in [0.2, 0.25) is 0 Å². The molecular formula is C16H26N2O2. The summed E-state index contributed by atoms with van der Waals surface area (Å²) in [4.78, 5) is 11.7. The summed E-state index contributed by atoms with van der Waals surface area (Å²) in [5, 5.41) is 15.4. The molecule has 0 bridgehead atoms. The first-order chi connectivity index (χ1) is 9.26. The van der Waals surface area contributed by atoms with Crippen LogP contribution < -0.4 is 10.6 Å². The maximum Gasteiger partial charge on any atom is 0.234 e. The number of rotatable bonds is 6. The largest absolute Gasteiger partial charge is 0.508 e. The Morgan fingerprint density at radius 2 is 1.85 bits per heavy atom. The molecule has 1 rings (SSSR count). The summed E-state index contributed by atoms with van der Waals surface area (Å²) < 4.78 is 0. The summed E-state index contributed by atoms with van der Waals surface area (Å²) in [6, 6.07) is 7.33. The fourth-order valence-electron chi connectivity index (χ4n) is 1.79. The molecule has 3 N–H and O–H groups in total. The Labute approximate surface area is 121 Å². The van der Waals surface area contributed by atoms with Crippen molar-refractivity contribution in [3.8, 4) is 5.75 Å². The standard InChI is InChI=1S/C16H26N2O2/c1-12(18-15(20)11-17-16(2,3)4)5-6-13-7-9-14(19)10-8-13/h7-10,12,17,19H,5-6,11H2,1-4H3,(H,18,20). The van der Waals surface area contributed by atoms with Crippen molar-refractivity contribution in [3.05, 3.63) is 29.8 Å². The Balaban J connectivity index is 2.27. The molecule has 1 aromatic rings. The molecule has 1 aromatic carbocycles. The highest BCUT2D eigenvalue weighted by atomic mass is 16.3. The lowest BCUT2D eigenvalue weighted by molar-refractivity contribution is -0.121. The predicted molar refractivity (Wildman–Crippen MR) is 81.8 cm³/mol. The van der Waals surface area contributed by atoms with Gasteiger partial charge in [-0.3, -0.25) is 4.79 Å². The number of aryl methyl sites for hydroxylation is 1. The Kier molecular flexibility index (Phi) is 6.02. The van der Waals surface area contributed by atoms with Gasteiger partial charge in [0.15, 0.2) is 0 Å². The molecular weight excluding hydrogens is 252 g/mol. The zero-order chi connectivity index (χ0) is 15.2. The summed E-state index contributed by atoms with van der Waals surface area (Å²) in [6.07, 6.45) is 1.76. The lowest BCUT2D eigenvalue weighted by Crippen LogP contribution is -2.45. The fourth-order valence-corrected chi connectivity index (χ4v) is 1.79. The molecule has 112 valence electrons. The molecule has 4 heteroatoms. The van der Waals surface area contributed by atoms with Gasteiger partial charge in [0.25, 0.3) is 0 Å². The first-order valence-electron chi connectivity index (χ1n) is 7.08. The Morgan fingerprint density at radius 3 is 2.40 bits per heavy atom. The topological polar surface area (TPSA) is 61.4 Å². The van der Waals surface area contributed by atoms with E-state index in [0.717, 1.165) is 18.4 Å². The van der Waals surface area contributed by atoms with E-state index in [1.165, 1.54) is 0 Å². The van der Waals surface area contributed by atoms with E-state index < -0.39 is 0 Å². The van der Waals surface area contributed by atoms with Gasteiger partial charge in [0.2, 0.25) is 5.91 Å². The molecule has 0 radical (unpaired) electrons. The van der Waals surface area contributed by atoms with Crippen LogP contribution in [0.4, 0.5) is 0 Å². The van der Waals surface area contributed by atoms with Crippen LogP contribution in [0, 0.1) is 0 Å². The SMILES string of the molecule is CC(CCc1ccc(O)cc1)NC(=O)CNC(C)(C)C. The van der Waals surface area contributed by atoms with Gasteiger partial charge in [-0.25, -0.2) is 0 Å². The Hall–Kier alpha value is -1.55. The molecule has 0 saturated heterocycles. The molecule has 0 spiro atoms. The van der Waals surface area contributed by atoms with Crippen molar-refractivity contribution in [2.24, 2.45) is 0 Å². The van der Waals surface area contributed by atoms with E-state index in [0.29, 0.717) is 6.54 Å². The molecule has 1 amide bonds. The van der Waals surface area contributed by atoms with Gasteiger partial charge in [0.1, 0.15) is 5.75 Å². The van der Waals surface area contributed by atoms with E-state index in [1.807, 2.05) is 39.8 Å². The van der Waals surface area contributed by atoms with Gasteiger partial charge < -0.3 is 15.7 Å². The Bertz CT molecular complexity index is 421. The number of aromatic hydroxyl groups is 1. The Morgan fingerprint density at radius 1 is 1.25 bits per heavy atom. The molecule has 0 heterocycles. The van der Waals surface area contributed by atoms with E-state index in [9.17, 15) is 9.90 Å². The van der Waals surface area contributed by atoms with Crippen LogP contribution >= 0.6 is 0 Å². The van der Waals surface area contributed by atoms with Crippen molar-refractivity contribution in [3.63, 3.8) is 0 Å². The van der Waals surface area contributed by atoms with Gasteiger partial charge in [-0.05, 0) is 58.2 Å². The minimum atomic E-state index is -0.0490. The van der Waals surface area contributed by atoms with Gasteiger partial charge >= 0.3 is 0 Å². The molecule has 0 fully saturated rings. The van der Waals surface area contributed by atoms with Crippen molar-refractivity contribution in [2.45, 2.75) is 52.1 Å². The van der Waals surface area contributed by atoms with E-state index in [1.54, 1.807) is 12.1 Å². The van der Waals surface area contributed by atoms with Crippen molar-refractivity contribution >= 4 is 5.91 Å². The summed E-state index contributed by atoms with van der Waals surface area (Å²) >= 11 is 0. The van der Waals surface area contributed by atoms with Crippen molar-refractivity contribution in [1.29, 1.82) is 0 Å². The van der Waals surface area contributed by atoms with Crippen molar-refractivity contribution < 1.29 is 9.90 Å². The second kappa shape index (κ2) is 7.29. The van der Waals surface area contributed by atoms with Crippen LogP contribution in [-0.4, -0.2) is 29.1 Å². The molecule has 0 aromatic heterocycles. The number of hydrogen-bond donors (Lipinski definition) is 3. The normalized spacial score (nSPS) is 13.0. The highest BCUT2D eigenvalue weighted by Gasteiger charge is 2.12. The fraction of sp³-hybridized carbons (Fsp3) is 0.562. The third-order valence-electron chi connectivity index (χ3n) is 2.99. The first kappa shape index (κ1) is 16.5. The maximum atomic E-state index is 11.7. The number of benzene rings is 1. The summed E-state index contributed by atoms with van der Waals surface area (Å²) in [6.45, 7) is 8.46. The van der Waals surface area contributed by atoms with Crippen LogP contribution in [0.5, 0.6) is 5.75 Å². The maximum absolute atomic E-state index is 11.7.